The predicted molar refractivity (Wildman–Crippen MR) is 90.8 cm³/mol. The quantitative estimate of drug-likeness (QED) is 0.857. The first-order valence-corrected chi connectivity index (χ1v) is 9.18. The van der Waals surface area contributed by atoms with E-state index < -0.39 is 5.60 Å². The lowest BCUT2D eigenvalue weighted by Gasteiger charge is -2.40. The van der Waals surface area contributed by atoms with Crippen molar-refractivity contribution in [1.29, 1.82) is 0 Å². The Morgan fingerprint density at radius 2 is 2.20 bits per heavy atom. The molecule has 1 spiro atoms. The second-order valence-corrected chi connectivity index (χ2v) is 8.08. The summed E-state index contributed by atoms with van der Waals surface area (Å²) >= 11 is 0. The molecule has 0 amide bonds. The van der Waals surface area contributed by atoms with E-state index in [9.17, 15) is 4.79 Å². The number of carbonyl (C=O) groups is 1. The summed E-state index contributed by atoms with van der Waals surface area (Å²) in [6.45, 7) is 2.16. The van der Waals surface area contributed by atoms with E-state index in [1.165, 1.54) is 0 Å². The molecule has 1 saturated carbocycles. The van der Waals surface area contributed by atoms with E-state index in [0.717, 1.165) is 48.1 Å². The van der Waals surface area contributed by atoms with E-state index in [1.54, 1.807) is 0 Å². The first-order chi connectivity index (χ1) is 12.1. The zero-order chi connectivity index (χ0) is 16.8. The molecule has 2 bridgehead atoms. The second-order valence-electron chi connectivity index (χ2n) is 8.08. The van der Waals surface area contributed by atoms with E-state index in [-0.39, 0.29) is 23.6 Å². The molecule has 5 atom stereocenters. The molecule has 1 aromatic heterocycles. The highest BCUT2D eigenvalue weighted by atomic mass is 16.6. The van der Waals surface area contributed by atoms with Gasteiger partial charge in [0.05, 0.1) is 22.2 Å². The molecule has 1 N–H and O–H groups in total. The van der Waals surface area contributed by atoms with Crippen LogP contribution in [0.5, 0.6) is 0 Å². The number of rotatable bonds is 2. The summed E-state index contributed by atoms with van der Waals surface area (Å²) in [7, 11) is 0. The van der Waals surface area contributed by atoms with Gasteiger partial charge in [0, 0.05) is 12.3 Å². The van der Waals surface area contributed by atoms with Crippen LogP contribution in [0.15, 0.2) is 35.9 Å². The summed E-state index contributed by atoms with van der Waals surface area (Å²) in [4.78, 5) is 20.5. The minimum Gasteiger partial charge on any atom is -0.455 e. The molecule has 2 saturated heterocycles. The molecule has 4 heterocycles. The van der Waals surface area contributed by atoms with Crippen molar-refractivity contribution >= 4 is 17.0 Å². The molecule has 1 aromatic carbocycles. The Bertz CT molecular complexity index is 914. The molecule has 3 aliphatic heterocycles. The number of benzene rings is 1. The first-order valence-electron chi connectivity index (χ1n) is 9.18. The summed E-state index contributed by atoms with van der Waals surface area (Å²) in [6.07, 6.45) is 5.73. The molecule has 25 heavy (non-hydrogen) atoms. The number of ether oxygens (including phenoxy) is 2. The van der Waals surface area contributed by atoms with Crippen LogP contribution >= 0.6 is 0 Å². The van der Waals surface area contributed by atoms with Gasteiger partial charge >= 0.3 is 5.97 Å². The summed E-state index contributed by atoms with van der Waals surface area (Å²) in [6, 6.07) is 8.10. The minimum absolute atomic E-state index is 0.0960. The smallest absolute Gasteiger partial charge is 0.337 e. The fourth-order valence-corrected chi connectivity index (χ4v) is 5.71. The lowest BCUT2D eigenvalue weighted by Crippen LogP contribution is -2.49. The first kappa shape index (κ1) is 14.1. The van der Waals surface area contributed by atoms with E-state index in [2.05, 4.69) is 18.0 Å². The Hall–Kier alpha value is -2.14. The molecule has 128 valence electrons. The van der Waals surface area contributed by atoms with Crippen LogP contribution in [0.2, 0.25) is 0 Å². The largest absolute Gasteiger partial charge is 0.455 e. The molecule has 5 nitrogen and oxygen atoms in total. The summed E-state index contributed by atoms with van der Waals surface area (Å²) < 4.78 is 12.4. The van der Waals surface area contributed by atoms with E-state index in [4.69, 9.17) is 14.5 Å². The molecule has 5 heteroatoms. The van der Waals surface area contributed by atoms with Crippen LogP contribution in [0, 0.1) is 11.8 Å². The highest BCUT2D eigenvalue weighted by Crippen LogP contribution is 2.64. The van der Waals surface area contributed by atoms with Gasteiger partial charge in [0.2, 0.25) is 0 Å². The Morgan fingerprint density at radius 1 is 1.32 bits per heavy atom. The lowest BCUT2D eigenvalue weighted by molar-refractivity contribution is -0.149. The fraction of sp³-hybridized carbons (Fsp3) is 0.500. The third-order valence-corrected chi connectivity index (χ3v) is 6.87. The van der Waals surface area contributed by atoms with Gasteiger partial charge < -0.3 is 14.5 Å². The van der Waals surface area contributed by atoms with Gasteiger partial charge in [0.15, 0.2) is 0 Å². The maximum absolute atomic E-state index is 12.3. The number of carbonyl (C=O) groups excluding carboxylic acids is 1. The van der Waals surface area contributed by atoms with Crippen molar-refractivity contribution in [3.05, 3.63) is 41.7 Å². The van der Waals surface area contributed by atoms with Crippen LogP contribution in [0.25, 0.3) is 11.0 Å². The van der Waals surface area contributed by atoms with Crippen LogP contribution < -0.4 is 0 Å². The maximum Gasteiger partial charge on any atom is 0.337 e. The van der Waals surface area contributed by atoms with Gasteiger partial charge in [-0.1, -0.05) is 25.1 Å². The van der Waals surface area contributed by atoms with Crippen molar-refractivity contribution in [1.82, 2.24) is 9.97 Å². The minimum atomic E-state index is -0.490. The lowest BCUT2D eigenvalue weighted by atomic mass is 9.81. The third kappa shape index (κ3) is 1.58. The second kappa shape index (κ2) is 4.33. The molecule has 1 aliphatic carbocycles. The third-order valence-electron chi connectivity index (χ3n) is 6.87. The number of hydrogen-bond donors (Lipinski definition) is 1. The monoisotopic (exact) mass is 336 g/mol. The highest BCUT2D eigenvalue weighted by molar-refractivity contribution is 5.94. The van der Waals surface area contributed by atoms with Gasteiger partial charge in [-0.25, -0.2) is 9.78 Å². The number of aromatic amines is 1. The van der Waals surface area contributed by atoms with Crippen molar-refractivity contribution in [3.8, 4) is 0 Å². The zero-order valence-corrected chi connectivity index (χ0v) is 14.1. The van der Waals surface area contributed by atoms with Crippen molar-refractivity contribution in [2.24, 2.45) is 11.8 Å². The van der Waals surface area contributed by atoms with Gasteiger partial charge in [-0.15, -0.1) is 0 Å². The number of esters is 1. The normalized spacial score (nSPS) is 41.1. The van der Waals surface area contributed by atoms with Crippen molar-refractivity contribution in [2.75, 3.05) is 0 Å². The molecule has 6 rings (SSSR count). The summed E-state index contributed by atoms with van der Waals surface area (Å²) in [5, 5.41) is 0. The number of H-pyrrole nitrogens is 1. The van der Waals surface area contributed by atoms with E-state index >= 15 is 0 Å². The average molecular weight is 336 g/mol. The topological polar surface area (TPSA) is 64.2 Å². The average Bonchev–Trinajstić information content (AvgIpc) is 3.26. The summed E-state index contributed by atoms with van der Waals surface area (Å²) in [5.41, 5.74) is 2.04. The molecule has 4 aliphatic rings. The van der Waals surface area contributed by atoms with Gasteiger partial charge in [-0.3, -0.25) is 0 Å². The molecule has 2 aromatic rings. The molecular weight excluding hydrogens is 316 g/mol. The summed E-state index contributed by atoms with van der Waals surface area (Å²) in [5.74, 6) is 1.34. The van der Waals surface area contributed by atoms with Crippen LogP contribution in [0.4, 0.5) is 0 Å². The van der Waals surface area contributed by atoms with Crippen molar-refractivity contribution in [2.45, 2.75) is 49.9 Å². The molecule has 0 radical (unpaired) electrons. The number of hydrogen-bond acceptors (Lipinski definition) is 4. The van der Waals surface area contributed by atoms with Crippen LogP contribution in [0.1, 0.15) is 32.0 Å². The Balaban J connectivity index is 1.44. The van der Waals surface area contributed by atoms with Crippen molar-refractivity contribution in [3.63, 3.8) is 0 Å². The molecular formula is C20H20N2O3. The Kier molecular flexibility index (Phi) is 2.44. The molecule has 3 fully saturated rings. The van der Waals surface area contributed by atoms with Gasteiger partial charge in [0.1, 0.15) is 17.5 Å². The maximum atomic E-state index is 12.3. The number of imidazole rings is 1. The SMILES string of the molecule is CC1C=C2C(=O)O[C@@H]3CCC4CC1(Cc1nc5ccccc5[nH]1)O[C@]243. The van der Waals surface area contributed by atoms with Crippen LogP contribution in [-0.4, -0.2) is 33.2 Å². The molecule has 3 unspecified atom stereocenters. The Labute approximate surface area is 145 Å². The van der Waals surface area contributed by atoms with Gasteiger partial charge in [0.25, 0.3) is 0 Å². The predicted octanol–water partition coefficient (Wildman–Crippen LogP) is 2.91. The van der Waals surface area contributed by atoms with Crippen molar-refractivity contribution < 1.29 is 14.3 Å². The number of para-hydroxylation sites is 2. The highest BCUT2D eigenvalue weighted by Gasteiger charge is 2.72. The number of nitrogens with one attached hydrogen (secondary N) is 1. The van der Waals surface area contributed by atoms with Gasteiger partial charge in [-0.2, -0.15) is 0 Å². The number of fused-ring (bicyclic) bond motifs is 2. The van der Waals surface area contributed by atoms with Crippen LogP contribution in [-0.2, 0) is 20.7 Å². The number of nitrogens with zero attached hydrogens (tertiary/aromatic N) is 1. The number of aromatic nitrogens is 2. The Morgan fingerprint density at radius 3 is 3.08 bits per heavy atom. The van der Waals surface area contributed by atoms with E-state index in [0.29, 0.717) is 5.92 Å². The zero-order valence-electron chi connectivity index (χ0n) is 14.1. The van der Waals surface area contributed by atoms with Crippen LogP contribution in [0.3, 0.4) is 0 Å². The standard InChI is InChI=1S/C20H20N2O3/c1-11-8-13-18(23)24-16-7-6-12-9-19(11,25-20(12,13)16)10-17-21-14-4-2-3-5-15(14)22-17/h2-5,8,11-12,16H,6-7,9-10H2,1H3,(H,21,22)/t11?,12?,16-,19?,20+/m1/s1. The fourth-order valence-electron chi connectivity index (χ4n) is 5.71. The van der Waals surface area contributed by atoms with Gasteiger partial charge in [-0.05, 0) is 37.3 Å². The van der Waals surface area contributed by atoms with E-state index in [1.807, 2.05) is 24.3 Å².